The summed E-state index contributed by atoms with van der Waals surface area (Å²) in [4.78, 5) is 7.66. The second-order valence-electron chi connectivity index (χ2n) is 3.37. The zero-order valence-corrected chi connectivity index (χ0v) is 9.58. The third kappa shape index (κ3) is 2.62. The molecular weight excluding hydrogens is 243 g/mol. The van der Waals surface area contributed by atoms with Gasteiger partial charge in [-0.15, -0.1) is 0 Å². The monoisotopic (exact) mass is 252 g/mol. The SMILES string of the molecule is Nc1c(Cl)ncnc1NCc1ccccc1F. The molecular formula is C11H10ClFN4. The molecule has 2 aromatic rings. The highest BCUT2D eigenvalue weighted by molar-refractivity contribution is 6.32. The van der Waals surface area contributed by atoms with Crippen LogP contribution in [0.25, 0.3) is 0 Å². The van der Waals surface area contributed by atoms with Crippen molar-refractivity contribution < 1.29 is 4.39 Å². The average Bonchev–Trinajstić information content (AvgIpc) is 2.33. The van der Waals surface area contributed by atoms with Gasteiger partial charge in [0.1, 0.15) is 17.8 Å². The third-order valence-corrected chi connectivity index (χ3v) is 2.54. The maximum Gasteiger partial charge on any atom is 0.157 e. The standard InChI is InChI=1S/C11H10ClFN4/c12-10-9(14)11(17-6-16-10)15-5-7-3-1-2-4-8(7)13/h1-4,6H,5,14H2,(H,15,16,17). The van der Waals surface area contributed by atoms with E-state index in [1.54, 1.807) is 18.2 Å². The lowest BCUT2D eigenvalue weighted by Gasteiger charge is -2.08. The Bertz CT molecular complexity index is 533. The van der Waals surface area contributed by atoms with E-state index in [1.807, 2.05) is 0 Å². The molecule has 3 N–H and O–H groups in total. The third-order valence-electron chi connectivity index (χ3n) is 2.24. The van der Waals surface area contributed by atoms with Gasteiger partial charge < -0.3 is 11.1 Å². The molecule has 17 heavy (non-hydrogen) atoms. The molecule has 1 heterocycles. The normalized spacial score (nSPS) is 10.2. The van der Waals surface area contributed by atoms with Crippen LogP contribution in [-0.2, 0) is 6.54 Å². The van der Waals surface area contributed by atoms with E-state index in [1.165, 1.54) is 12.4 Å². The molecule has 0 atom stereocenters. The number of rotatable bonds is 3. The van der Waals surface area contributed by atoms with E-state index in [4.69, 9.17) is 17.3 Å². The largest absolute Gasteiger partial charge is 0.393 e. The molecule has 0 spiro atoms. The van der Waals surface area contributed by atoms with Gasteiger partial charge in [0, 0.05) is 12.1 Å². The summed E-state index contributed by atoms with van der Waals surface area (Å²) in [7, 11) is 0. The molecule has 1 aromatic heterocycles. The van der Waals surface area contributed by atoms with Crippen LogP contribution in [-0.4, -0.2) is 9.97 Å². The minimum Gasteiger partial charge on any atom is -0.393 e. The fraction of sp³-hybridized carbons (Fsp3) is 0.0909. The van der Waals surface area contributed by atoms with Gasteiger partial charge in [-0.2, -0.15) is 0 Å². The van der Waals surface area contributed by atoms with Crippen molar-refractivity contribution in [2.24, 2.45) is 0 Å². The van der Waals surface area contributed by atoms with Gasteiger partial charge in [-0.05, 0) is 6.07 Å². The fourth-order valence-corrected chi connectivity index (χ4v) is 1.47. The van der Waals surface area contributed by atoms with Crippen molar-refractivity contribution in [3.05, 3.63) is 47.1 Å². The Hall–Kier alpha value is -1.88. The van der Waals surface area contributed by atoms with Gasteiger partial charge in [0.05, 0.1) is 0 Å². The predicted molar refractivity (Wildman–Crippen MR) is 65.2 cm³/mol. The second kappa shape index (κ2) is 4.97. The summed E-state index contributed by atoms with van der Waals surface area (Å²) in [5.41, 5.74) is 6.46. The highest BCUT2D eigenvalue weighted by Crippen LogP contribution is 2.22. The quantitative estimate of drug-likeness (QED) is 0.824. The summed E-state index contributed by atoms with van der Waals surface area (Å²) in [5.74, 6) is 0.118. The van der Waals surface area contributed by atoms with Crippen LogP contribution in [0.2, 0.25) is 5.15 Å². The van der Waals surface area contributed by atoms with E-state index in [-0.39, 0.29) is 23.2 Å². The lowest BCUT2D eigenvalue weighted by Crippen LogP contribution is -2.06. The molecule has 0 saturated carbocycles. The fourth-order valence-electron chi connectivity index (χ4n) is 1.34. The first-order valence-electron chi connectivity index (χ1n) is 4.91. The Labute approximate surface area is 103 Å². The summed E-state index contributed by atoms with van der Waals surface area (Å²) < 4.78 is 13.3. The maximum absolute atomic E-state index is 13.3. The molecule has 0 amide bonds. The number of nitrogens with one attached hydrogen (secondary N) is 1. The highest BCUT2D eigenvalue weighted by Gasteiger charge is 2.06. The van der Waals surface area contributed by atoms with Crippen molar-refractivity contribution in [2.75, 3.05) is 11.1 Å². The first-order chi connectivity index (χ1) is 8.18. The molecule has 0 radical (unpaired) electrons. The Morgan fingerprint density at radius 1 is 1.29 bits per heavy atom. The van der Waals surface area contributed by atoms with Gasteiger partial charge in [-0.25, -0.2) is 14.4 Å². The summed E-state index contributed by atoms with van der Waals surface area (Å²) in [6, 6.07) is 6.47. The molecule has 0 aliphatic rings. The van der Waals surface area contributed by atoms with Crippen molar-refractivity contribution in [2.45, 2.75) is 6.54 Å². The van der Waals surface area contributed by atoms with Crippen LogP contribution in [0.1, 0.15) is 5.56 Å². The van der Waals surface area contributed by atoms with Gasteiger partial charge in [-0.1, -0.05) is 29.8 Å². The van der Waals surface area contributed by atoms with Crippen molar-refractivity contribution in [1.82, 2.24) is 9.97 Å². The molecule has 88 valence electrons. The minimum absolute atomic E-state index is 0.177. The van der Waals surface area contributed by atoms with E-state index in [0.717, 1.165) is 0 Å². The summed E-state index contributed by atoms with van der Waals surface area (Å²) in [6.45, 7) is 0.282. The van der Waals surface area contributed by atoms with Gasteiger partial charge in [-0.3, -0.25) is 0 Å². The van der Waals surface area contributed by atoms with Crippen LogP contribution in [0.3, 0.4) is 0 Å². The number of anilines is 2. The molecule has 6 heteroatoms. The average molecular weight is 253 g/mol. The van der Waals surface area contributed by atoms with Gasteiger partial charge in [0.2, 0.25) is 0 Å². The number of nitrogens with zero attached hydrogens (tertiary/aromatic N) is 2. The molecule has 0 unspecified atom stereocenters. The van der Waals surface area contributed by atoms with Crippen molar-refractivity contribution in [3.8, 4) is 0 Å². The number of halogens is 2. The van der Waals surface area contributed by atoms with E-state index < -0.39 is 0 Å². The number of hydrogen-bond acceptors (Lipinski definition) is 4. The second-order valence-corrected chi connectivity index (χ2v) is 3.73. The van der Waals surface area contributed by atoms with Gasteiger partial charge >= 0.3 is 0 Å². The summed E-state index contributed by atoms with van der Waals surface area (Å²) >= 11 is 5.74. The molecule has 0 aliphatic heterocycles. The smallest absolute Gasteiger partial charge is 0.157 e. The zero-order valence-electron chi connectivity index (χ0n) is 8.82. The number of nitrogen functional groups attached to an aromatic ring is 1. The van der Waals surface area contributed by atoms with Crippen molar-refractivity contribution >= 4 is 23.1 Å². The molecule has 0 bridgehead atoms. The van der Waals surface area contributed by atoms with E-state index in [9.17, 15) is 4.39 Å². The molecule has 4 nitrogen and oxygen atoms in total. The minimum atomic E-state index is -0.279. The Morgan fingerprint density at radius 3 is 2.82 bits per heavy atom. The molecule has 2 rings (SSSR count). The number of aromatic nitrogens is 2. The Kier molecular flexibility index (Phi) is 3.39. The molecule has 0 saturated heterocycles. The topological polar surface area (TPSA) is 63.8 Å². The Morgan fingerprint density at radius 2 is 2.06 bits per heavy atom. The lowest BCUT2D eigenvalue weighted by atomic mass is 10.2. The lowest BCUT2D eigenvalue weighted by molar-refractivity contribution is 0.613. The summed E-state index contributed by atoms with van der Waals surface area (Å²) in [5, 5.41) is 3.09. The van der Waals surface area contributed by atoms with Crippen LogP contribution in [0, 0.1) is 5.82 Å². The number of nitrogens with two attached hydrogens (primary N) is 1. The maximum atomic E-state index is 13.3. The van der Waals surface area contributed by atoms with Crippen LogP contribution < -0.4 is 11.1 Å². The van der Waals surface area contributed by atoms with E-state index in [0.29, 0.717) is 11.4 Å². The first kappa shape index (κ1) is 11.6. The number of hydrogen-bond donors (Lipinski definition) is 2. The molecule has 0 fully saturated rings. The Balaban J connectivity index is 2.13. The van der Waals surface area contributed by atoms with Crippen LogP contribution in [0.15, 0.2) is 30.6 Å². The molecule has 0 aliphatic carbocycles. The van der Waals surface area contributed by atoms with E-state index >= 15 is 0 Å². The van der Waals surface area contributed by atoms with Crippen molar-refractivity contribution in [1.29, 1.82) is 0 Å². The van der Waals surface area contributed by atoms with Crippen molar-refractivity contribution in [3.63, 3.8) is 0 Å². The summed E-state index contributed by atoms with van der Waals surface area (Å²) in [6.07, 6.45) is 1.29. The van der Waals surface area contributed by atoms with Crippen LogP contribution in [0.5, 0.6) is 0 Å². The zero-order chi connectivity index (χ0) is 12.3. The van der Waals surface area contributed by atoms with Gasteiger partial charge in [0.15, 0.2) is 11.0 Å². The predicted octanol–water partition coefficient (Wildman–Crippen LogP) is 2.46. The molecule has 1 aromatic carbocycles. The van der Waals surface area contributed by atoms with Crippen LogP contribution in [0.4, 0.5) is 15.9 Å². The number of benzene rings is 1. The van der Waals surface area contributed by atoms with Gasteiger partial charge in [0.25, 0.3) is 0 Å². The van der Waals surface area contributed by atoms with Crippen LogP contribution >= 0.6 is 11.6 Å². The first-order valence-corrected chi connectivity index (χ1v) is 5.29. The van der Waals surface area contributed by atoms with E-state index in [2.05, 4.69) is 15.3 Å². The highest BCUT2D eigenvalue weighted by atomic mass is 35.5.